The number of amides is 1. The van der Waals surface area contributed by atoms with Crippen LogP contribution in [0.5, 0.6) is 5.75 Å². The van der Waals surface area contributed by atoms with Crippen LogP contribution in [0.15, 0.2) is 46.9 Å². The number of non-ortho nitro benzene ring substituents is 1. The molecule has 0 saturated heterocycles. The first-order valence-electron chi connectivity index (χ1n) is 7.86. The van der Waals surface area contributed by atoms with E-state index in [2.05, 4.69) is 5.32 Å². The highest BCUT2D eigenvalue weighted by molar-refractivity contribution is 6.40. The van der Waals surface area contributed by atoms with Crippen LogP contribution in [0.2, 0.25) is 20.1 Å². The molecule has 150 valence electrons. The molecule has 0 spiro atoms. The summed E-state index contributed by atoms with van der Waals surface area (Å²) in [6, 6.07) is 9.61. The van der Waals surface area contributed by atoms with Gasteiger partial charge in [0.2, 0.25) is 0 Å². The highest BCUT2D eigenvalue weighted by atomic mass is 35.5. The Kier molecular flexibility index (Phi) is 6.54. The number of rotatable bonds is 6. The van der Waals surface area contributed by atoms with Gasteiger partial charge < -0.3 is 14.5 Å². The second-order valence-corrected chi connectivity index (χ2v) is 7.29. The summed E-state index contributed by atoms with van der Waals surface area (Å²) in [5, 5.41) is 14.3. The lowest BCUT2D eigenvalue weighted by Crippen LogP contribution is -2.11. The standard InChI is InChI=1S/C18H10Cl4N2O5/c19-9-5-13(21)17(14(22)6-9)28-8-11-2-4-16(29-11)18(25)23-15-7-10(24(26)27)1-3-12(15)20/h1-7H,8H2,(H,23,25). The Bertz CT molecular complexity index is 1080. The zero-order valence-corrected chi connectivity index (χ0v) is 17.3. The number of furan rings is 1. The Balaban J connectivity index is 1.69. The van der Waals surface area contributed by atoms with Crippen LogP contribution < -0.4 is 10.1 Å². The van der Waals surface area contributed by atoms with Crippen molar-refractivity contribution in [2.24, 2.45) is 0 Å². The summed E-state index contributed by atoms with van der Waals surface area (Å²) in [7, 11) is 0. The smallest absolute Gasteiger partial charge is 0.291 e. The number of nitrogens with one attached hydrogen (secondary N) is 1. The van der Waals surface area contributed by atoms with Gasteiger partial charge in [0.25, 0.3) is 11.6 Å². The van der Waals surface area contributed by atoms with E-state index in [1.165, 1.54) is 36.4 Å². The van der Waals surface area contributed by atoms with Gasteiger partial charge in [-0.05, 0) is 30.3 Å². The molecule has 0 aliphatic heterocycles. The van der Waals surface area contributed by atoms with Gasteiger partial charge >= 0.3 is 0 Å². The lowest BCUT2D eigenvalue weighted by atomic mass is 10.2. The molecule has 7 nitrogen and oxygen atoms in total. The van der Waals surface area contributed by atoms with Gasteiger partial charge in [-0.2, -0.15) is 0 Å². The number of ether oxygens (including phenoxy) is 1. The summed E-state index contributed by atoms with van der Waals surface area (Å²) >= 11 is 23.9. The van der Waals surface area contributed by atoms with E-state index in [9.17, 15) is 14.9 Å². The van der Waals surface area contributed by atoms with E-state index in [1.54, 1.807) is 0 Å². The van der Waals surface area contributed by atoms with E-state index >= 15 is 0 Å². The Morgan fingerprint density at radius 1 is 1.03 bits per heavy atom. The summed E-state index contributed by atoms with van der Waals surface area (Å²) in [6.45, 7) is -0.0497. The number of benzene rings is 2. The summed E-state index contributed by atoms with van der Waals surface area (Å²) in [5.74, 6) is -0.133. The normalized spacial score (nSPS) is 10.6. The lowest BCUT2D eigenvalue weighted by Gasteiger charge is -2.09. The second kappa shape index (κ2) is 8.92. The number of nitro benzene ring substituents is 1. The fraction of sp³-hybridized carbons (Fsp3) is 0.0556. The molecule has 1 aromatic heterocycles. The van der Waals surface area contributed by atoms with Crippen molar-refractivity contribution in [2.75, 3.05) is 5.32 Å². The molecule has 1 heterocycles. The van der Waals surface area contributed by atoms with Gasteiger partial charge in [-0.3, -0.25) is 14.9 Å². The largest absolute Gasteiger partial charge is 0.483 e. The molecular formula is C18H10Cl4N2O5. The lowest BCUT2D eigenvalue weighted by molar-refractivity contribution is -0.384. The molecule has 0 atom stereocenters. The monoisotopic (exact) mass is 474 g/mol. The number of hydrogen-bond acceptors (Lipinski definition) is 5. The van der Waals surface area contributed by atoms with Gasteiger partial charge in [-0.25, -0.2) is 0 Å². The number of nitro groups is 1. The van der Waals surface area contributed by atoms with Crippen molar-refractivity contribution in [3.8, 4) is 5.75 Å². The fourth-order valence-corrected chi connectivity index (χ4v) is 3.39. The number of carbonyl (C=O) groups excluding carboxylic acids is 1. The third kappa shape index (κ3) is 5.13. The highest BCUT2D eigenvalue weighted by Gasteiger charge is 2.17. The van der Waals surface area contributed by atoms with Crippen LogP contribution in [-0.2, 0) is 6.61 Å². The Labute approximate surface area is 184 Å². The van der Waals surface area contributed by atoms with Crippen LogP contribution in [0.3, 0.4) is 0 Å². The Morgan fingerprint density at radius 2 is 1.72 bits per heavy atom. The number of anilines is 1. The van der Waals surface area contributed by atoms with Crippen LogP contribution in [0.25, 0.3) is 0 Å². The molecule has 0 aliphatic rings. The molecule has 0 radical (unpaired) electrons. The zero-order chi connectivity index (χ0) is 21.1. The Hall–Kier alpha value is -2.45. The highest BCUT2D eigenvalue weighted by Crippen LogP contribution is 2.36. The van der Waals surface area contributed by atoms with Crippen molar-refractivity contribution in [1.29, 1.82) is 0 Å². The van der Waals surface area contributed by atoms with Gasteiger partial charge in [-0.15, -0.1) is 0 Å². The minimum atomic E-state index is -0.638. The van der Waals surface area contributed by atoms with Crippen LogP contribution >= 0.6 is 46.4 Å². The summed E-state index contributed by atoms with van der Waals surface area (Å²) in [5.41, 5.74) is -0.130. The molecule has 2 aromatic carbocycles. The molecule has 0 saturated carbocycles. The molecule has 3 rings (SSSR count). The maximum absolute atomic E-state index is 12.3. The van der Waals surface area contributed by atoms with Crippen molar-refractivity contribution in [2.45, 2.75) is 6.61 Å². The summed E-state index contributed by atoms with van der Waals surface area (Å²) in [6.07, 6.45) is 0. The third-order valence-electron chi connectivity index (χ3n) is 3.62. The van der Waals surface area contributed by atoms with Gasteiger partial charge in [0.1, 0.15) is 12.4 Å². The van der Waals surface area contributed by atoms with Gasteiger partial charge in [0, 0.05) is 17.2 Å². The van der Waals surface area contributed by atoms with Crippen LogP contribution in [0, 0.1) is 10.1 Å². The molecule has 0 unspecified atom stereocenters. The molecule has 29 heavy (non-hydrogen) atoms. The third-order valence-corrected chi connectivity index (χ3v) is 4.73. The SMILES string of the molecule is O=C(Nc1cc([N+](=O)[O-])ccc1Cl)c1ccc(COc2c(Cl)cc(Cl)cc2Cl)o1. The molecule has 1 N–H and O–H groups in total. The average Bonchev–Trinajstić information content (AvgIpc) is 3.11. The van der Waals surface area contributed by atoms with E-state index in [1.807, 2.05) is 0 Å². The maximum atomic E-state index is 12.3. The minimum absolute atomic E-state index is 0.0422. The van der Waals surface area contributed by atoms with E-state index in [0.29, 0.717) is 10.8 Å². The van der Waals surface area contributed by atoms with E-state index in [-0.39, 0.29) is 44.6 Å². The average molecular weight is 476 g/mol. The summed E-state index contributed by atoms with van der Waals surface area (Å²) in [4.78, 5) is 22.6. The fourth-order valence-electron chi connectivity index (χ4n) is 2.29. The van der Waals surface area contributed by atoms with Crippen LogP contribution in [-0.4, -0.2) is 10.8 Å². The molecular weight excluding hydrogens is 466 g/mol. The van der Waals surface area contributed by atoms with Crippen molar-refractivity contribution < 1.29 is 18.9 Å². The second-order valence-electron chi connectivity index (χ2n) is 5.63. The molecule has 0 fully saturated rings. The topological polar surface area (TPSA) is 94.6 Å². The quantitative estimate of drug-likeness (QED) is 0.318. The minimum Gasteiger partial charge on any atom is -0.483 e. The number of hydrogen-bond donors (Lipinski definition) is 1. The van der Waals surface area contributed by atoms with Crippen LogP contribution in [0.1, 0.15) is 16.3 Å². The van der Waals surface area contributed by atoms with Crippen molar-refractivity contribution in [3.63, 3.8) is 0 Å². The molecule has 1 amide bonds. The van der Waals surface area contributed by atoms with Crippen molar-refractivity contribution in [1.82, 2.24) is 0 Å². The number of nitrogens with zero attached hydrogens (tertiary/aromatic N) is 1. The van der Waals surface area contributed by atoms with E-state index in [0.717, 1.165) is 6.07 Å². The molecule has 11 heteroatoms. The first-order chi connectivity index (χ1) is 13.7. The molecule has 3 aromatic rings. The van der Waals surface area contributed by atoms with E-state index in [4.69, 9.17) is 55.6 Å². The van der Waals surface area contributed by atoms with Gasteiger partial charge in [0.15, 0.2) is 11.5 Å². The van der Waals surface area contributed by atoms with Gasteiger partial charge in [-0.1, -0.05) is 46.4 Å². The maximum Gasteiger partial charge on any atom is 0.291 e. The predicted octanol–water partition coefficient (Wildman–Crippen LogP) is 6.63. The number of carbonyl (C=O) groups is 1. The van der Waals surface area contributed by atoms with Crippen molar-refractivity contribution in [3.05, 3.63) is 84.2 Å². The molecule has 0 aliphatic carbocycles. The van der Waals surface area contributed by atoms with Gasteiger partial charge in [0.05, 0.1) is 25.7 Å². The van der Waals surface area contributed by atoms with Crippen molar-refractivity contribution >= 4 is 63.7 Å². The summed E-state index contributed by atoms with van der Waals surface area (Å²) < 4.78 is 11.0. The predicted molar refractivity (Wildman–Crippen MR) is 111 cm³/mol. The zero-order valence-electron chi connectivity index (χ0n) is 14.2. The number of halogens is 4. The first-order valence-corrected chi connectivity index (χ1v) is 9.37. The van der Waals surface area contributed by atoms with E-state index < -0.39 is 10.8 Å². The molecule has 0 bridgehead atoms. The first kappa shape index (κ1) is 21.3. The Morgan fingerprint density at radius 3 is 2.38 bits per heavy atom. The van der Waals surface area contributed by atoms with Crippen LogP contribution in [0.4, 0.5) is 11.4 Å².